The van der Waals surface area contributed by atoms with Gasteiger partial charge in [-0.3, -0.25) is 0 Å². The summed E-state index contributed by atoms with van der Waals surface area (Å²) in [5.41, 5.74) is 5.21. The highest BCUT2D eigenvalue weighted by atomic mass is 32.2. The zero-order valence-electron chi connectivity index (χ0n) is 11.9. The first-order valence-corrected chi connectivity index (χ1v) is 7.86. The second-order valence-corrected chi connectivity index (χ2v) is 6.45. The number of hydrogen-bond donors (Lipinski definition) is 1. The number of aryl methyl sites for hydroxylation is 2. The molecule has 2 N–H and O–H groups in total. The molecule has 0 aliphatic rings. The summed E-state index contributed by atoms with van der Waals surface area (Å²) in [7, 11) is -4.32. The summed E-state index contributed by atoms with van der Waals surface area (Å²) in [6.45, 7) is 1.85. The van der Waals surface area contributed by atoms with Crippen LogP contribution in [-0.2, 0) is 16.6 Å². The van der Waals surface area contributed by atoms with E-state index >= 15 is 0 Å². The predicted octanol–water partition coefficient (Wildman–Crippen LogP) is 1.11. The molecule has 6 nitrogen and oxygen atoms in total. The Morgan fingerprint density at radius 1 is 1.43 bits per heavy atom. The monoisotopic (exact) mass is 328 g/mol. The van der Waals surface area contributed by atoms with Gasteiger partial charge in [0.1, 0.15) is 12.4 Å². The number of rotatable bonds is 7. The molecule has 1 heterocycles. The minimum Gasteiger partial charge on any atom is -0.334 e. The smallest absolute Gasteiger partial charge is 0.334 e. The summed E-state index contributed by atoms with van der Waals surface area (Å²) < 4.78 is 64.0. The highest BCUT2D eigenvalue weighted by molar-refractivity contribution is 7.89. The first-order valence-electron chi connectivity index (χ1n) is 6.42. The van der Waals surface area contributed by atoms with Crippen LogP contribution < -0.4 is 5.73 Å². The molecule has 0 aromatic carbocycles. The van der Waals surface area contributed by atoms with Crippen LogP contribution in [0.5, 0.6) is 0 Å². The van der Waals surface area contributed by atoms with Gasteiger partial charge in [-0.05, 0) is 13.3 Å². The van der Waals surface area contributed by atoms with Crippen molar-refractivity contribution in [2.24, 2.45) is 5.73 Å². The molecule has 0 radical (unpaired) electrons. The average Bonchev–Trinajstić information content (AvgIpc) is 2.70. The lowest BCUT2D eigenvalue weighted by molar-refractivity contribution is -0.136. The molecule has 0 saturated heterocycles. The Morgan fingerprint density at radius 3 is 2.52 bits per heavy atom. The summed E-state index contributed by atoms with van der Waals surface area (Å²) in [4.78, 5) is 3.86. The van der Waals surface area contributed by atoms with Crippen LogP contribution in [0.1, 0.15) is 19.2 Å². The molecule has 0 bridgehead atoms. The molecule has 0 atom stereocenters. The lowest BCUT2D eigenvalue weighted by atomic mass is 10.5. The molecule has 0 fully saturated rings. The number of sulfonamides is 1. The van der Waals surface area contributed by atoms with Gasteiger partial charge in [-0.2, -0.15) is 17.5 Å². The second-order valence-electron chi connectivity index (χ2n) is 4.56. The Balaban J connectivity index is 3.13. The molecule has 0 saturated carbocycles. The Kier molecular flexibility index (Phi) is 5.76. The van der Waals surface area contributed by atoms with Gasteiger partial charge in [-0.1, -0.05) is 6.92 Å². The highest BCUT2D eigenvalue weighted by Crippen LogP contribution is 2.22. The van der Waals surface area contributed by atoms with Gasteiger partial charge >= 0.3 is 6.18 Å². The Morgan fingerprint density at radius 2 is 2.05 bits per heavy atom. The van der Waals surface area contributed by atoms with E-state index in [4.69, 9.17) is 5.73 Å². The molecule has 122 valence electrons. The molecule has 0 unspecified atom stereocenters. The van der Waals surface area contributed by atoms with Crippen LogP contribution in [0.25, 0.3) is 0 Å². The van der Waals surface area contributed by atoms with Gasteiger partial charge in [-0.25, -0.2) is 13.4 Å². The maximum absolute atomic E-state index is 12.5. The van der Waals surface area contributed by atoms with Gasteiger partial charge in [0.15, 0.2) is 5.03 Å². The van der Waals surface area contributed by atoms with Crippen LogP contribution in [0.3, 0.4) is 0 Å². The van der Waals surface area contributed by atoms with Crippen molar-refractivity contribution in [2.45, 2.75) is 38.0 Å². The third kappa shape index (κ3) is 4.68. The number of alkyl halides is 3. The number of imidazole rings is 1. The van der Waals surface area contributed by atoms with Gasteiger partial charge in [0.25, 0.3) is 10.0 Å². The lowest BCUT2D eigenvalue weighted by Crippen LogP contribution is -2.41. The highest BCUT2D eigenvalue weighted by Gasteiger charge is 2.37. The van der Waals surface area contributed by atoms with Gasteiger partial charge in [0, 0.05) is 25.8 Å². The summed E-state index contributed by atoms with van der Waals surface area (Å²) in [6, 6.07) is 0. The van der Waals surface area contributed by atoms with E-state index in [0.29, 0.717) is 16.7 Å². The molecule has 21 heavy (non-hydrogen) atoms. The minimum atomic E-state index is -4.64. The summed E-state index contributed by atoms with van der Waals surface area (Å²) in [6.07, 6.45) is -2.62. The van der Waals surface area contributed by atoms with Crippen molar-refractivity contribution in [2.75, 3.05) is 19.6 Å². The van der Waals surface area contributed by atoms with Gasteiger partial charge in [-0.15, -0.1) is 0 Å². The number of nitrogens with two attached hydrogens (primary N) is 1. The maximum atomic E-state index is 12.5. The number of halogens is 3. The third-order valence-corrected chi connectivity index (χ3v) is 4.47. The molecule has 1 rings (SSSR count). The second kappa shape index (κ2) is 6.75. The summed E-state index contributed by atoms with van der Waals surface area (Å²) in [5, 5.41) is -0.383. The maximum Gasteiger partial charge on any atom is 0.402 e. The van der Waals surface area contributed by atoms with E-state index in [1.165, 1.54) is 6.20 Å². The average molecular weight is 328 g/mol. The molecule has 10 heteroatoms. The Labute approximate surface area is 121 Å². The molecular formula is C11H19F3N4O2S. The largest absolute Gasteiger partial charge is 0.402 e. The van der Waals surface area contributed by atoms with Crippen molar-refractivity contribution in [1.82, 2.24) is 13.9 Å². The number of hydrogen-bond acceptors (Lipinski definition) is 4. The van der Waals surface area contributed by atoms with E-state index in [-0.39, 0.29) is 11.6 Å². The molecule has 0 spiro atoms. The van der Waals surface area contributed by atoms with Gasteiger partial charge < -0.3 is 10.3 Å². The van der Waals surface area contributed by atoms with Crippen molar-refractivity contribution in [3.05, 3.63) is 12.0 Å². The van der Waals surface area contributed by atoms with E-state index < -0.39 is 29.3 Å². The zero-order chi connectivity index (χ0) is 16.3. The van der Waals surface area contributed by atoms with Crippen LogP contribution in [0.4, 0.5) is 13.2 Å². The Bertz CT molecular complexity index is 569. The molecule has 1 aromatic heterocycles. The zero-order valence-corrected chi connectivity index (χ0v) is 12.7. The van der Waals surface area contributed by atoms with E-state index in [0.717, 1.165) is 6.42 Å². The fourth-order valence-electron chi connectivity index (χ4n) is 1.83. The van der Waals surface area contributed by atoms with E-state index in [1.807, 2.05) is 6.92 Å². The van der Waals surface area contributed by atoms with Crippen LogP contribution in [0, 0.1) is 6.92 Å². The lowest BCUT2D eigenvalue weighted by Gasteiger charge is -2.21. The van der Waals surface area contributed by atoms with Crippen molar-refractivity contribution < 1.29 is 21.6 Å². The fourth-order valence-corrected chi connectivity index (χ4v) is 3.27. The van der Waals surface area contributed by atoms with Crippen LogP contribution in [0.15, 0.2) is 11.2 Å². The van der Waals surface area contributed by atoms with Crippen LogP contribution in [-0.4, -0.2) is 48.1 Å². The SMILES string of the molecule is CCCn1cc(S(=O)(=O)N(CCN)CC(F)(F)F)nc1C. The first kappa shape index (κ1) is 17.9. The van der Waals surface area contributed by atoms with Crippen molar-refractivity contribution in [3.63, 3.8) is 0 Å². The van der Waals surface area contributed by atoms with Crippen molar-refractivity contribution in [3.8, 4) is 0 Å². The minimum absolute atomic E-state index is 0.204. The van der Waals surface area contributed by atoms with Crippen molar-refractivity contribution in [1.29, 1.82) is 0 Å². The number of aromatic nitrogens is 2. The molecule has 0 aliphatic heterocycles. The Hall–Kier alpha value is -1.13. The van der Waals surface area contributed by atoms with E-state index in [2.05, 4.69) is 4.98 Å². The number of nitrogens with zero attached hydrogens (tertiary/aromatic N) is 3. The quantitative estimate of drug-likeness (QED) is 0.813. The van der Waals surface area contributed by atoms with Gasteiger partial charge in [0.2, 0.25) is 0 Å². The molecular weight excluding hydrogens is 309 g/mol. The van der Waals surface area contributed by atoms with Gasteiger partial charge in [0.05, 0.1) is 0 Å². The molecule has 0 aliphatic carbocycles. The first-order chi connectivity index (χ1) is 9.61. The third-order valence-electron chi connectivity index (χ3n) is 2.76. The summed E-state index contributed by atoms with van der Waals surface area (Å²) in [5.74, 6) is 0.440. The summed E-state index contributed by atoms with van der Waals surface area (Å²) >= 11 is 0. The fraction of sp³-hybridized carbons (Fsp3) is 0.727. The molecule has 1 aromatic rings. The van der Waals surface area contributed by atoms with Crippen molar-refractivity contribution >= 4 is 10.0 Å². The normalized spacial score (nSPS) is 13.1. The predicted molar refractivity (Wildman–Crippen MR) is 71.1 cm³/mol. The van der Waals surface area contributed by atoms with Crippen LogP contribution >= 0.6 is 0 Å². The molecule has 0 amide bonds. The van der Waals surface area contributed by atoms with E-state index in [1.54, 1.807) is 11.5 Å². The standard InChI is InChI=1S/C11H19F3N4O2S/c1-3-5-17-7-10(16-9(17)2)21(19,20)18(6-4-15)8-11(12,13)14/h7H,3-6,8,15H2,1-2H3. The van der Waals surface area contributed by atoms with Crippen LogP contribution in [0.2, 0.25) is 0 Å². The van der Waals surface area contributed by atoms with E-state index in [9.17, 15) is 21.6 Å². The topological polar surface area (TPSA) is 81.2 Å².